The summed E-state index contributed by atoms with van der Waals surface area (Å²) in [5, 5.41) is 9.56. The number of hydrogen-bond donors (Lipinski definition) is 1. The maximum absolute atomic E-state index is 9.56. The van der Waals surface area contributed by atoms with E-state index < -0.39 is 6.10 Å². The Bertz CT molecular complexity index is 382. The molecule has 2 rings (SSSR count). The first-order chi connectivity index (χ1) is 8.08. The van der Waals surface area contributed by atoms with Crippen LogP contribution < -0.4 is 0 Å². The molecule has 1 N–H and O–H groups in total. The molecule has 0 aromatic carbocycles. The van der Waals surface area contributed by atoms with Gasteiger partial charge in [0.15, 0.2) is 0 Å². The number of aliphatic hydroxyl groups excluding tert-OH is 1. The molecule has 1 aliphatic carbocycles. The molecular formula is C14H22N2O. The van der Waals surface area contributed by atoms with Crippen LogP contribution in [0.25, 0.3) is 0 Å². The molecule has 0 bridgehead atoms. The van der Waals surface area contributed by atoms with Crippen LogP contribution in [-0.4, -0.2) is 15.1 Å². The highest BCUT2D eigenvalue weighted by molar-refractivity contribution is 5.19. The van der Waals surface area contributed by atoms with E-state index in [2.05, 4.69) is 16.9 Å². The Hall–Kier alpha value is -0.960. The first-order valence-corrected chi connectivity index (χ1v) is 6.59. The van der Waals surface area contributed by atoms with Crippen molar-refractivity contribution in [2.75, 3.05) is 0 Å². The van der Waals surface area contributed by atoms with Gasteiger partial charge in [0.2, 0.25) is 0 Å². The van der Waals surface area contributed by atoms with Gasteiger partial charge in [0, 0.05) is 23.4 Å². The Morgan fingerprint density at radius 3 is 2.47 bits per heavy atom. The molecule has 1 fully saturated rings. The van der Waals surface area contributed by atoms with Crippen LogP contribution in [0.5, 0.6) is 0 Å². The van der Waals surface area contributed by atoms with Gasteiger partial charge in [-0.3, -0.25) is 0 Å². The average Bonchev–Trinajstić information content (AvgIpc) is 2.29. The van der Waals surface area contributed by atoms with E-state index in [0.29, 0.717) is 5.92 Å². The highest BCUT2D eigenvalue weighted by Crippen LogP contribution is 2.34. The molecule has 0 unspecified atom stereocenters. The van der Waals surface area contributed by atoms with Gasteiger partial charge in [-0.15, -0.1) is 0 Å². The third kappa shape index (κ3) is 2.83. The predicted molar refractivity (Wildman–Crippen MR) is 67.8 cm³/mol. The third-order valence-electron chi connectivity index (χ3n) is 3.87. The zero-order valence-electron chi connectivity index (χ0n) is 11.0. The maximum Gasteiger partial charge on any atom is 0.131 e. The zero-order chi connectivity index (χ0) is 12.4. The molecule has 0 spiro atoms. The van der Waals surface area contributed by atoms with Crippen molar-refractivity contribution in [3.63, 3.8) is 0 Å². The number of aliphatic hydroxyl groups is 1. The predicted octanol–water partition coefficient (Wildman–Crippen LogP) is 3.13. The van der Waals surface area contributed by atoms with Crippen LogP contribution in [-0.2, 0) is 0 Å². The fraction of sp³-hybridized carbons (Fsp3) is 0.714. The Balaban J connectivity index is 2.14. The van der Waals surface area contributed by atoms with Crippen LogP contribution >= 0.6 is 0 Å². The minimum absolute atomic E-state index is 0.476. The largest absolute Gasteiger partial charge is 0.389 e. The van der Waals surface area contributed by atoms with Gasteiger partial charge < -0.3 is 5.11 Å². The third-order valence-corrected chi connectivity index (χ3v) is 3.87. The second-order valence-corrected chi connectivity index (χ2v) is 5.40. The van der Waals surface area contributed by atoms with E-state index in [1.807, 2.05) is 6.92 Å². The fourth-order valence-electron chi connectivity index (χ4n) is 2.62. The van der Waals surface area contributed by atoms with E-state index in [1.54, 1.807) is 13.1 Å². The lowest BCUT2D eigenvalue weighted by Crippen LogP contribution is -2.14. The van der Waals surface area contributed by atoms with Crippen molar-refractivity contribution >= 4 is 0 Å². The molecule has 0 aliphatic heterocycles. The van der Waals surface area contributed by atoms with Crippen molar-refractivity contribution in [2.24, 2.45) is 5.92 Å². The Labute approximate surface area is 103 Å². The molecule has 1 atom stereocenters. The first kappa shape index (κ1) is 12.5. The second kappa shape index (κ2) is 5.13. The topological polar surface area (TPSA) is 46.0 Å². The summed E-state index contributed by atoms with van der Waals surface area (Å²) in [4.78, 5) is 9.01. The van der Waals surface area contributed by atoms with Crippen LogP contribution in [0.1, 0.15) is 68.6 Å². The van der Waals surface area contributed by atoms with Crippen LogP contribution in [0.2, 0.25) is 0 Å². The Morgan fingerprint density at radius 1 is 1.29 bits per heavy atom. The van der Waals surface area contributed by atoms with E-state index >= 15 is 0 Å². The maximum atomic E-state index is 9.56. The van der Waals surface area contributed by atoms with Gasteiger partial charge in [0.05, 0.1) is 6.10 Å². The highest BCUT2D eigenvalue weighted by Gasteiger charge is 2.22. The lowest BCUT2D eigenvalue weighted by molar-refractivity contribution is 0.197. The first-order valence-electron chi connectivity index (χ1n) is 6.59. The minimum Gasteiger partial charge on any atom is -0.389 e. The Morgan fingerprint density at radius 2 is 1.94 bits per heavy atom. The summed E-state index contributed by atoms with van der Waals surface area (Å²) < 4.78 is 0. The van der Waals surface area contributed by atoms with Crippen molar-refractivity contribution in [2.45, 2.75) is 58.5 Å². The monoisotopic (exact) mass is 234 g/mol. The molecule has 0 amide bonds. The van der Waals surface area contributed by atoms with Crippen LogP contribution in [0.3, 0.4) is 0 Å². The lowest BCUT2D eigenvalue weighted by atomic mass is 9.82. The van der Waals surface area contributed by atoms with Gasteiger partial charge in [0.1, 0.15) is 5.82 Å². The van der Waals surface area contributed by atoms with Gasteiger partial charge in [-0.25, -0.2) is 9.97 Å². The van der Waals surface area contributed by atoms with Gasteiger partial charge in [-0.2, -0.15) is 0 Å². The van der Waals surface area contributed by atoms with Crippen molar-refractivity contribution < 1.29 is 5.11 Å². The summed E-state index contributed by atoms with van der Waals surface area (Å²) in [7, 11) is 0. The normalized spacial score (nSPS) is 26.8. The smallest absolute Gasteiger partial charge is 0.131 e. The standard InChI is InChI=1S/C14H22N2O/c1-9-4-6-12(7-5-9)14-15-8-13(11(3)17)10(2)16-14/h8-9,11-12,17H,4-7H2,1-3H3/t9?,11-,12?/m1/s1. The molecule has 1 heterocycles. The van der Waals surface area contributed by atoms with Gasteiger partial charge >= 0.3 is 0 Å². The van der Waals surface area contributed by atoms with E-state index in [4.69, 9.17) is 0 Å². The number of rotatable bonds is 2. The summed E-state index contributed by atoms with van der Waals surface area (Å²) in [5.74, 6) is 2.34. The van der Waals surface area contributed by atoms with E-state index in [-0.39, 0.29) is 0 Å². The molecule has 3 nitrogen and oxygen atoms in total. The Kier molecular flexibility index (Phi) is 3.77. The van der Waals surface area contributed by atoms with Crippen molar-refractivity contribution in [1.82, 2.24) is 9.97 Å². The molecule has 1 aromatic rings. The molecule has 0 saturated heterocycles. The van der Waals surface area contributed by atoms with E-state index in [9.17, 15) is 5.11 Å². The SMILES string of the molecule is Cc1nc(C2CCC(C)CC2)ncc1[C@@H](C)O. The minimum atomic E-state index is -0.476. The molecule has 1 saturated carbocycles. The van der Waals surface area contributed by atoms with Gasteiger partial charge in [-0.1, -0.05) is 19.8 Å². The molecule has 17 heavy (non-hydrogen) atoms. The van der Waals surface area contributed by atoms with E-state index in [0.717, 1.165) is 23.0 Å². The van der Waals surface area contributed by atoms with Crippen LogP contribution in [0, 0.1) is 12.8 Å². The summed E-state index contributed by atoms with van der Waals surface area (Å²) in [6.07, 6.45) is 6.29. The fourth-order valence-corrected chi connectivity index (χ4v) is 2.62. The summed E-state index contributed by atoms with van der Waals surface area (Å²) in [6, 6.07) is 0. The number of aromatic nitrogens is 2. The van der Waals surface area contributed by atoms with Crippen LogP contribution in [0.15, 0.2) is 6.20 Å². The number of nitrogens with zero attached hydrogens (tertiary/aromatic N) is 2. The quantitative estimate of drug-likeness (QED) is 0.855. The van der Waals surface area contributed by atoms with Crippen molar-refractivity contribution in [1.29, 1.82) is 0 Å². The molecule has 1 aliphatic rings. The molecule has 1 aromatic heterocycles. The lowest BCUT2D eigenvalue weighted by Gasteiger charge is -2.25. The molecule has 0 radical (unpaired) electrons. The van der Waals surface area contributed by atoms with Crippen LogP contribution in [0.4, 0.5) is 0 Å². The average molecular weight is 234 g/mol. The van der Waals surface area contributed by atoms with Gasteiger partial charge in [-0.05, 0) is 32.6 Å². The van der Waals surface area contributed by atoms with Crippen molar-refractivity contribution in [3.8, 4) is 0 Å². The second-order valence-electron chi connectivity index (χ2n) is 5.40. The molecule has 94 valence electrons. The number of aryl methyl sites for hydroxylation is 1. The van der Waals surface area contributed by atoms with Crippen molar-refractivity contribution in [3.05, 3.63) is 23.3 Å². The van der Waals surface area contributed by atoms with E-state index in [1.165, 1.54) is 25.7 Å². The summed E-state index contributed by atoms with van der Waals surface area (Å²) in [6.45, 7) is 6.03. The highest BCUT2D eigenvalue weighted by atomic mass is 16.3. The summed E-state index contributed by atoms with van der Waals surface area (Å²) in [5.41, 5.74) is 1.77. The van der Waals surface area contributed by atoms with Gasteiger partial charge in [0.25, 0.3) is 0 Å². The zero-order valence-corrected chi connectivity index (χ0v) is 11.0. The number of hydrogen-bond acceptors (Lipinski definition) is 3. The molecule has 3 heteroatoms. The molecular weight excluding hydrogens is 212 g/mol. The summed E-state index contributed by atoms with van der Waals surface area (Å²) >= 11 is 0.